The van der Waals surface area contributed by atoms with Gasteiger partial charge < -0.3 is 4.74 Å². The zero-order chi connectivity index (χ0) is 22.6. The van der Waals surface area contributed by atoms with E-state index in [4.69, 9.17) is 10.6 Å². The maximum absolute atomic E-state index is 12.9. The van der Waals surface area contributed by atoms with Crippen LogP contribution in [0.15, 0.2) is 72.8 Å². The van der Waals surface area contributed by atoms with Crippen LogP contribution < -0.4 is 10.9 Å². The van der Waals surface area contributed by atoms with Crippen molar-refractivity contribution in [3.05, 3.63) is 83.9 Å². The van der Waals surface area contributed by atoms with Crippen molar-refractivity contribution in [2.75, 3.05) is 18.2 Å². The van der Waals surface area contributed by atoms with E-state index in [2.05, 4.69) is 23.2 Å². The van der Waals surface area contributed by atoms with E-state index < -0.39 is 0 Å². The molecule has 0 fully saturated rings. The first-order valence-electron chi connectivity index (χ1n) is 11.4. The lowest BCUT2D eigenvalue weighted by atomic mass is 9.97. The van der Waals surface area contributed by atoms with Crippen molar-refractivity contribution < 1.29 is 9.53 Å². The number of hydrogen-bond donors (Lipinski definition) is 1. The van der Waals surface area contributed by atoms with Crippen LogP contribution in [0.2, 0.25) is 0 Å². The summed E-state index contributed by atoms with van der Waals surface area (Å²) in [7, 11) is 0. The number of ether oxygens (including phenoxy) is 1. The number of fused-ring (bicyclic) bond motifs is 4. The van der Waals surface area contributed by atoms with Crippen LogP contribution in [0.25, 0.3) is 21.3 Å². The van der Waals surface area contributed by atoms with Gasteiger partial charge in [0, 0.05) is 6.54 Å². The van der Waals surface area contributed by atoms with Crippen molar-refractivity contribution in [3.8, 4) is 11.1 Å². The molecule has 33 heavy (non-hydrogen) atoms. The molecule has 3 aromatic carbocycles. The number of nitrogens with two attached hydrogens (primary N) is 1. The molecule has 0 amide bonds. The van der Waals surface area contributed by atoms with Crippen molar-refractivity contribution in [2.24, 2.45) is 5.84 Å². The lowest BCUT2D eigenvalue weighted by molar-refractivity contribution is -0.144. The van der Waals surface area contributed by atoms with Crippen molar-refractivity contribution in [1.82, 2.24) is 4.98 Å². The molecule has 0 atom stereocenters. The highest BCUT2D eigenvalue weighted by atomic mass is 32.1. The molecule has 168 valence electrons. The summed E-state index contributed by atoms with van der Waals surface area (Å²) in [5.41, 5.74) is 5.34. The Bertz CT molecular complexity index is 1190. The molecule has 6 heteroatoms. The average molecular weight is 458 g/mol. The van der Waals surface area contributed by atoms with Crippen LogP contribution in [0.5, 0.6) is 0 Å². The number of para-hydroxylation sites is 1. The Morgan fingerprint density at radius 2 is 1.52 bits per heavy atom. The molecule has 5 nitrogen and oxygen atoms in total. The van der Waals surface area contributed by atoms with Crippen LogP contribution in [0.3, 0.4) is 0 Å². The second kappa shape index (κ2) is 9.73. The van der Waals surface area contributed by atoms with Crippen molar-refractivity contribution >= 4 is 32.7 Å². The Morgan fingerprint density at radius 1 is 0.879 bits per heavy atom. The SMILES string of the molecule is NN(CCCCCCOC(=O)C1c2ccccc2-c2ccccc21)c1nc2ccccc2s1. The van der Waals surface area contributed by atoms with Crippen molar-refractivity contribution in [1.29, 1.82) is 0 Å². The topological polar surface area (TPSA) is 68.4 Å². The maximum atomic E-state index is 12.9. The number of nitrogens with zero attached hydrogens (tertiary/aromatic N) is 2. The number of carbonyl (C=O) groups excluding carboxylic acids is 1. The molecule has 2 N–H and O–H groups in total. The fourth-order valence-corrected chi connectivity index (χ4v) is 5.40. The van der Waals surface area contributed by atoms with Gasteiger partial charge in [0.05, 0.1) is 16.8 Å². The highest BCUT2D eigenvalue weighted by Crippen LogP contribution is 2.45. The number of rotatable bonds is 9. The molecule has 0 bridgehead atoms. The molecule has 0 aliphatic heterocycles. The lowest BCUT2D eigenvalue weighted by Gasteiger charge is -2.15. The van der Waals surface area contributed by atoms with E-state index in [0.29, 0.717) is 6.61 Å². The smallest absolute Gasteiger partial charge is 0.317 e. The lowest BCUT2D eigenvalue weighted by Crippen LogP contribution is -2.31. The average Bonchev–Trinajstić information content (AvgIpc) is 3.43. The van der Waals surface area contributed by atoms with E-state index in [-0.39, 0.29) is 11.9 Å². The van der Waals surface area contributed by atoms with Crippen LogP contribution in [-0.2, 0) is 9.53 Å². The van der Waals surface area contributed by atoms with E-state index >= 15 is 0 Å². The minimum Gasteiger partial charge on any atom is -0.465 e. The molecule has 5 rings (SSSR count). The van der Waals surface area contributed by atoms with Gasteiger partial charge in [-0.1, -0.05) is 78.4 Å². The molecule has 1 aliphatic carbocycles. The van der Waals surface area contributed by atoms with E-state index in [1.165, 1.54) is 0 Å². The molecular weight excluding hydrogens is 430 g/mol. The largest absolute Gasteiger partial charge is 0.465 e. The molecule has 1 aromatic heterocycles. The summed E-state index contributed by atoms with van der Waals surface area (Å²) >= 11 is 1.62. The van der Waals surface area contributed by atoms with Gasteiger partial charge in [0.25, 0.3) is 0 Å². The molecule has 0 spiro atoms. The molecule has 0 radical (unpaired) electrons. The standard InChI is InChI=1S/C27H27N3O2S/c28-30(27-29-23-15-7-8-16-24(23)33-27)17-9-1-2-10-18-32-26(31)25-21-13-5-3-11-19(21)20-12-4-6-14-22(20)25/h3-8,11-16,25H,1-2,9-10,17-18,28H2. The van der Waals surface area contributed by atoms with Crippen LogP contribution in [0.4, 0.5) is 5.13 Å². The number of hydrogen-bond acceptors (Lipinski definition) is 6. The maximum Gasteiger partial charge on any atom is 0.317 e. The Morgan fingerprint density at radius 3 is 2.24 bits per heavy atom. The van der Waals surface area contributed by atoms with Gasteiger partial charge >= 0.3 is 5.97 Å². The zero-order valence-corrected chi connectivity index (χ0v) is 19.3. The van der Waals surface area contributed by atoms with Crippen molar-refractivity contribution in [2.45, 2.75) is 31.6 Å². The number of carbonyl (C=O) groups is 1. The van der Waals surface area contributed by atoms with Crippen LogP contribution in [0, 0.1) is 0 Å². The number of hydrazine groups is 1. The van der Waals surface area contributed by atoms with Gasteiger partial charge in [-0.3, -0.25) is 9.80 Å². The summed E-state index contributed by atoms with van der Waals surface area (Å²) in [6.07, 6.45) is 3.86. The van der Waals surface area contributed by atoms with Gasteiger partial charge in [-0.2, -0.15) is 0 Å². The number of esters is 1. The summed E-state index contributed by atoms with van der Waals surface area (Å²) in [5, 5.41) is 2.59. The highest BCUT2D eigenvalue weighted by molar-refractivity contribution is 7.22. The highest BCUT2D eigenvalue weighted by Gasteiger charge is 2.34. The zero-order valence-electron chi connectivity index (χ0n) is 18.4. The first kappa shape index (κ1) is 21.6. The number of thiazole rings is 1. The first-order valence-corrected chi connectivity index (χ1v) is 12.3. The van der Waals surface area contributed by atoms with E-state index in [1.807, 2.05) is 54.6 Å². The Hall–Kier alpha value is -3.22. The predicted molar refractivity (Wildman–Crippen MR) is 134 cm³/mol. The van der Waals surface area contributed by atoms with E-state index in [1.54, 1.807) is 16.3 Å². The van der Waals surface area contributed by atoms with Crippen LogP contribution in [-0.4, -0.2) is 24.1 Å². The second-order valence-corrected chi connectivity index (χ2v) is 9.36. The normalized spacial score (nSPS) is 12.5. The summed E-state index contributed by atoms with van der Waals surface area (Å²) in [4.78, 5) is 17.5. The molecule has 1 heterocycles. The van der Waals surface area contributed by atoms with Crippen LogP contribution >= 0.6 is 11.3 Å². The molecule has 4 aromatic rings. The van der Waals surface area contributed by atoms with E-state index in [0.717, 1.165) is 69.8 Å². The second-order valence-electron chi connectivity index (χ2n) is 8.35. The monoisotopic (exact) mass is 457 g/mol. The first-order chi connectivity index (χ1) is 16.2. The minimum atomic E-state index is -0.322. The van der Waals surface area contributed by atoms with Gasteiger partial charge in [-0.25, -0.2) is 10.8 Å². The number of aromatic nitrogens is 1. The molecule has 0 unspecified atom stereocenters. The molecular formula is C27H27N3O2S. The van der Waals surface area contributed by atoms with Crippen LogP contribution in [0.1, 0.15) is 42.7 Å². The summed E-state index contributed by atoms with van der Waals surface area (Å²) in [6.45, 7) is 1.21. The third-order valence-electron chi connectivity index (χ3n) is 6.14. The predicted octanol–water partition coefficient (Wildman–Crippen LogP) is 5.89. The van der Waals surface area contributed by atoms with Gasteiger partial charge in [0.15, 0.2) is 0 Å². The summed E-state index contributed by atoms with van der Waals surface area (Å²) < 4.78 is 6.84. The van der Waals surface area contributed by atoms with Gasteiger partial charge in [0.2, 0.25) is 5.13 Å². The van der Waals surface area contributed by atoms with Gasteiger partial charge in [0.1, 0.15) is 5.92 Å². The van der Waals surface area contributed by atoms with Gasteiger partial charge in [-0.05, 0) is 53.6 Å². The third-order valence-corrected chi connectivity index (χ3v) is 7.21. The summed E-state index contributed by atoms with van der Waals surface area (Å²) in [6, 6.07) is 24.3. The van der Waals surface area contributed by atoms with E-state index in [9.17, 15) is 4.79 Å². The Kier molecular flexibility index (Phi) is 6.37. The number of benzene rings is 3. The molecule has 0 saturated heterocycles. The fourth-order valence-electron chi connectivity index (χ4n) is 4.48. The quantitative estimate of drug-likeness (QED) is 0.147. The number of unbranched alkanes of at least 4 members (excludes halogenated alkanes) is 3. The minimum absolute atomic E-state index is 0.156. The Balaban J connectivity index is 1.06. The summed E-state index contributed by atoms with van der Waals surface area (Å²) in [5.74, 6) is 5.72. The molecule has 0 saturated carbocycles. The van der Waals surface area contributed by atoms with Crippen molar-refractivity contribution in [3.63, 3.8) is 0 Å². The third kappa shape index (κ3) is 4.49. The number of anilines is 1. The Labute approximate surface area is 197 Å². The molecule has 1 aliphatic rings. The van der Waals surface area contributed by atoms with Gasteiger partial charge in [-0.15, -0.1) is 0 Å². The fraction of sp³-hybridized carbons (Fsp3) is 0.259.